The molecule has 0 aliphatic carbocycles. The number of amides is 2. The summed E-state index contributed by atoms with van der Waals surface area (Å²) in [6, 6.07) is 5.90. The van der Waals surface area contributed by atoms with Crippen LogP contribution in [0.25, 0.3) is 17.3 Å². The molecule has 5 heterocycles. The van der Waals surface area contributed by atoms with Gasteiger partial charge in [-0.25, -0.2) is 19.9 Å². The third kappa shape index (κ3) is 6.76. The lowest BCUT2D eigenvalue weighted by atomic mass is 9.97. The number of aryl methyl sites for hydroxylation is 1. The molecule has 3 aromatic rings. The molecular formula is C27H31N9O2S. The van der Waals surface area contributed by atoms with Crippen LogP contribution in [0.1, 0.15) is 29.8 Å². The Bertz CT molecular complexity index is 1390. The van der Waals surface area contributed by atoms with Crippen LogP contribution in [0.5, 0.6) is 0 Å². The van der Waals surface area contributed by atoms with Crippen LogP contribution < -0.4 is 20.4 Å². The highest BCUT2D eigenvalue weighted by molar-refractivity contribution is 8.18. The molecule has 12 heteroatoms. The number of piperidine rings is 1. The second-order valence-corrected chi connectivity index (χ2v) is 10.9. The number of aromatic nitrogens is 5. The Morgan fingerprint density at radius 1 is 1.13 bits per heavy atom. The third-order valence-electron chi connectivity index (χ3n) is 6.58. The molecule has 2 N–H and O–H groups in total. The maximum absolute atomic E-state index is 11.8. The zero-order valence-corrected chi connectivity index (χ0v) is 23.0. The van der Waals surface area contributed by atoms with E-state index < -0.39 is 0 Å². The molecular weight excluding hydrogens is 514 g/mol. The van der Waals surface area contributed by atoms with Crippen molar-refractivity contribution in [1.82, 2.24) is 35.6 Å². The minimum Gasteiger partial charge on any atom is -0.347 e. The van der Waals surface area contributed by atoms with Crippen LogP contribution in [0, 0.1) is 12.8 Å². The molecule has 3 aromatic heterocycles. The molecule has 2 aliphatic rings. The van der Waals surface area contributed by atoms with E-state index in [1.807, 2.05) is 31.4 Å². The fourth-order valence-corrected chi connectivity index (χ4v) is 5.22. The molecule has 11 nitrogen and oxygen atoms in total. The van der Waals surface area contributed by atoms with E-state index >= 15 is 0 Å². The van der Waals surface area contributed by atoms with Gasteiger partial charge in [-0.3, -0.25) is 19.9 Å². The molecule has 2 aliphatic heterocycles. The Morgan fingerprint density at radius 2 is 1.90 bits per heavy atom. The van der Waals surface area contributed by atoms with Gasteiger partial charge in [-0.05, 0) is 73.8 Å². The zero-order chi connectivity index (χ0) is 27.4. The second kappa shape index (κ2) is 11.9. The molecule has 0 atom stereocenters. The van der Waals surface area contributed by atoms with Crippen molar-refractivity contribution in [2.24, 2.45) is 5.92 Å². The average molecular weight is 546 g/mol. The van der Waals surface area contributed by atoms with E-state index in [1.54, 1.807) is 18.3 Å². The zero-order valence-electron chi connectivity index (χ0n) is 22.2. The van der Waals surface area contributed by atoms with Gasteiger partial charge in [0.1, 0.15) is 0 Å². The first-order valence-electron chi connectivity index (χ1n) is 12.8. The molecule has 202 valence electrons. The molecule has 2 amide bonds. The van der Waals surface area contributed by atoms with Crippen molar-refractivity contribution < 1.29 is 9.59 Å². The van der Waals surface area contributed by atoms with Crippen LogP contribution in [-0.2, 0) is 11.3 Å². The SMILES string of the molecule is Cc1cc(CNCC2CCN(c3nccc(C=C4SC(=O)NC4=O)n3)CC2)nc(-c2cnc(N(C)C)nc2)c1. The first-order valence-corrected chi connectivity index (χ1v) is 13.7. The Morgan fingerprint density at radius 3 is 2.59 bits per heavy atom. The second-order valence-electron chi connectivity index (χ2n) is 9.88. The first kappa shape index (κ1) is 26.7. The van der Waals surface area contributed by atoms with Crippen LogP contribution >= 0.6 is 11.8 Å². The van der Waals surface area contributed by atoms with Gasteiger partial charge in [-0.15, -0.1) is 0 Å². The van der Waals surface area contributed by atoms with Crippen LogP contribution in [0.4, 0.5) is 16.7 Å². The number of pyridine rings is 1. The molecule has 2 fully saturated rings. The van der Waals surface area contributed by atoms with Gasteiger partial charge >= 0.3 is 0 Å². The van der Waals surface area contributed by atoms with E-state index in [-0.39, 0.29) is 11.1 Å². The van der Waals surface area contributed by atoms with Crippen molar-refractivity contribution in [3.8, 4) is 11.3 Å². The molecule has 5 rings (SSSR count). The minimum atomic E-state index is -0.386. The van der Waals surface area contributed by atoms with E-state index in [2.05, 4.69) is 54.5 Å². The number of anilines is 2. The van der Waals surface area contributed by atoms with Gasteiger partial charge in [-0.1, -0.05) is 0 Å². The Kier molecular flexibility index (Phi) is 8.13. The van der Waals surface area contributed by atoms with Crippen LogP contribution in [0.15, 0.2) is 41.7 Å². The molecule has 0 bridgehead atoms. The summed E-state index contributed by atoms with van der Waals surface area (Å²) in [6.07, 6.45) is 9.00. The summed E-state index contributed by atoms with van der Waals surface area (Å²) in [7, 11) is 3.84. The lowest BCUT2D eigenvalue weighted by Crippen LogP contribution is -2.38. The summed E-state index contributed by atoms with van der Waals surface area (Å²) in [6.45, 7) is 5.39. The quantitative estimate of drug-likeness (QED) is 0.405. The standard InChI is InChI=1S/C27H31N9O2S/c1-17-10-21(32-22(11-17)19-14-30-25(31-15-19)35(2)3)16-28-13-18-5-8-36(9-6-18)26-29-7-4-20(33-26)12-23-24(37)34-27(38)39-23/h4,7,10-12,14-15,18,28H,5-6,8-9,13,16H2,1-3H3,(H,34,37,38). The minimum absolute atomic E-state index is 0.347. The number of carbonyl (C=O) groups excluding carboxylic acids is 2. The Hall–Kier alpha value is -3.90. The van der Waals surface area contributed by atoms with Gasteiger partial charge in [0.15, 0.2) is 0 Å². The van der Waals surface area contributed by atoms with Crippen molar-refractivity contribution >= 4 is 40.9 Å². The first-order chi connectivity index (χ1) is 18.8. The summed E-state index contributed by atoms with van der Waals surface area (Å²) < 4.78 is 0. The number of rotatable bonds is 8. The van der Waals surface area contributed by atoms with E-state index in [4.69, 9.17) is 4.98 Å². The van der Waals surface area contributed by atoms with Crippen molar-refractivity contribution in [2.75, 3.05) is 43.5 Å². The summed E-state index contributed by atoms with van der Waals surface area (Å²) in [5, 5.41) is 5.49. The van der Waals surface area contributed by atoms with E-state index in [0.717, 1.165) is 66.8 Å². The number of hydrogen-bond acceptors (Lipinski definition) is 11. The number of carbonyl (C=O) groups is 2. The molecule has 0 saturated carbocycles. The van der Waals surface area contributed by atoms with Gasteiger partial charge in [0.05, 0.1) is 22.0 Å². The number of nitrogens with zero attached hydrogens (tertiary/aromatic N) is 7. The predicted molar refractivity (Wildman–Crippen MR) is 152 cm³/mol. The summed E-state index contributed by atoms with van der Waals surface area (Å²) in [5.41, 5.74) is 4.54. The largest absolute Gasteiger partial charge is 0.347 e. The van der Waals surface area contributed by atoms with Gasteiger partial charge in [0.25, 0.3) is 11.1 Å². The summed E-state index contributed by atoms with van der Waals surface area (Å²) in [5.74, 6) is 1.48. The number of thioether (sulfide) groups is 1. The Balaban J connectivity index is 1.13. The maximum Gasteiger partial charge on any atom is 0.290 e. The number of imide groups is 1. The molecule has 39 heavy (non-hydrogen) atoms. The van der Waals surface area contributed by atoms with Crippen LogP contribution in [0.3, 0.4) is 0 Å². The highest BCUT2D eigenvalue weighted by atomic mass is 32.2. The third-order valence-corrected chi connectivity index (χ3v) is 7.39. The average Bonchev–Trinajstić information content (AvgIpc) is 3.25. The van der Waals surface area contributed by atoms with Crippen molar-refractivity contribution in [3.05, 3.63) is 58.6 Å². The number of nitrogens with one attached hydrogen (secondary N) is 2. The van der Waals surface area contributed by atoms with Gasteiger partial charge < -0.3 is 15.1 Å². The predicted octanol–water partition coefficient (Wildman–Crippen LogP) is 3.03. The fourth-order valence-electron chi connectivity index (χ4n) is 4.55. The van der Waals surface area contributed by atoms with Crippen molar-refractivity contribution in [2.45, 2.75) is 26.3 Å². The van der Waals surface area contributed by atoms with E-state index in [9.17, 15) is 9.59 Å². The van der Waals surface area contributed by atoms with Crippen molar-refractivity contribution in [1.29, 1.82) is 0 Å². The molecule has 0 radical (unpaired) electrons. The van der Waals surface area contributed by atoms with Crippen molar-refractivity contribution in [3.63, 3.8) is 0 Å². The highest BCUT2D eigenvalue weighted by Crippen LogP contribution is 2.26. The number of hydrogen-bond donors (Lipinski definition) is 2. The monoisotopic (exact) mass is 545 g/mol. The normalized spacial score (nSPS) is 17.1. The van der Waals surface area contributed by atoms with Gasteiger partial charge in [0, 0.05) is 57.9 Å². The lowest BCUT2D eigenvalue weighted by molar-refractivity contribution is -0.115. The molecule has 0 spiro atoms. The fraction of sp³-hybridized carbons (Fsp3) is 0.370. The summed E-state index contributed by atoms with van der Waals surface area (Å²) >= 11 is 0.887. The molecule has 0 aromatic carbocycles. The smallest absolute Gasteiger partial charge is 0.290 e. The van der Waals surface area contributed by atoms with Gasteiger partial charge in [0.2, 0.25) is 11.9 Å². The van der Waals surface area contributed by atoms with E-state index in [1.165, 1.54) is 0 Å². The topological polar surface area (TPSA) is 129 Å². The van der Waals surface area contributed by atoms with Crippen LogP contribution in [-0.4, -0.2) is 69.8 Å². The lowest BCUT2D eigenvalue weighted by Gasteiger charge is -2.32. The maximum atomic E-state index is 11.8. The molecule has 0 unspecified atom stereocenters. The van der Waals surface area contributed by atoms with Gasteiger partial charge in [-0.2, -0.15) is 0 Å². The highest BCUT2D eigenvalue weighted by Gasteiger charge is 2.26. The van der Waals surface area contributed by atoms with Crippen LogP contribution in [0.2, 0.25) is 0 Å². The van der Waals surface area contributed by atoms with E-state index in [0.29, 0.717) is 35.0 Å². The molecule has 2 saturated heterocycles. The summed E-state index contributed by atoms with van der Waals surface area (Å²) in [4.78, 5) is 50.3. The Labute approximate surface area is 231 Å².